The highest BCUT2D eigenvalue weighted by molar-refractivity contribution is 5.36. The highest BCUT2D eigenvalue weighted by atomic mass is 19.1. The average Bonchev–Trinajstić information content (AvgIpc) is 2.45. The van der Waals surface area contributed by atoms with Crippen LogP contribution >= 0.6 is 0 Å². The first kappa shape index (κ1) is 15.3. The number of hydrogen-bond acceptors (Lipinski definition) is 3. The minimum atomic E-state index is -0.207. The van der Waals surface area contributed by atoms with Gasteiger partial charge in [0.2, 0.25) is 0 Å². The van der Waals surface area contributed by atoms with Crippen molar-refractivity contribution in [3.63, 3.8) is 0 Å². The van der Waals surface area contributed by atoms with Gasteiger partial charge in [0.25, 0.3) is 0 Å². The number of benzene rings is 1. The van der Waals surface area contributed by atoms with Crippen LogP contribution in [-0.4, -0.2) is 38.2 Å². The van der Waals surface area contributed by atoms with Crippen molar-refractivity contribution < 1.29 is 9.13 Å². The van der Waals surface area contributed by atoms with E-state index in [1.807, 2.05) is 13.0 Å². The van der Waals surface area contributed by atoms with Gasteiger partial charge in [0, 0.05) is 24.2 Å². The largest absolute Gasteiger partial charge is 0.496 e. The highest BCUT2D eigenvalue weighted by Gasteiger charge is 2.21. The molecule has 20 heavy (non-hydrogen) atoms. The van der Waals surface area contributed by atoms with E-state index in [9.17, 15) is 4.39 Å². The number of likely N-dealkylation sites (N-methyl/N-ethyl adjacent to an activating group) is 1. The SMILES string of the molecule is COc1cccc(F)c1C(C)NCC1CCCCN1C. The molecule has 0 aromatic heterocycles. The number of piperidine rings is 1. The number of nitrogens with zero attached hydrogens (tertiary/aromatic N) is 1. The quantitative estimate of drug-likeness (QED) is 0.897. The molecule has 0 spiro atoms. The van der Waals surface area contributed by atoms with Crippen LogP contribution in [-0.2, 0) is 0 Å². The summed E-state index contributed by atoms with van der Waals surface area (Å²) in [6.07, 6.45) is 3.78. The number of rotatable bonds is 5. The van der Waals surface area contributed by atoms with Crippen LogP contribution in [0.15, 0.2) is 18.2 Å². The van der Waals surface area contributed by atoms with E-state index in [0.29, 0.717) is 17.4 Å². The molecule has 1 N–H and O–H groups in total. The molecule has 1 heterocycles. The Kier molecular flexibility index (Phi) is 5.38. The Morgan fingerprint density at radius 1 is 1.45 bits per heavy atom. The summed E-state index contributed by atoms with van der Waals surface area (Å²) in [7, 11) is 3.75. The smallest absolute Gasteiger partial charge is 0.131 e. The number of likely N-dealkylation sites (tertiary alicyclic amines) is 1. The molecule has 112 valence electrons. The predicted octanol–water partition coefficient (Wildman–Crippen LogP) is 2.97. The zero-order valence-electron chi connectivity index (χ0n) is 12.7. The van der Waals surface area contributed by atoms with Crippen molar-refractivity contribution in [1.29, 1.82) is 0 Å². The van der Waals surface area contributed by atoms with E-state index in [4.69, 9.17) is 4.74 Å². The zero-order valence-corrected chi connectivity index (χ0v) is 12.7. The summed E-state index contributed by atoms with van der Waals surface area (Å²) in [5.41, 5.74) is 0.619. The summed E-state index contributed by atoms with van der Waals surface area (Å²) >= 11 is 0. The summed E-state index contributed by atoms with van der Waals surface area (Å²) in [6, 6.07) is 5.47. The van der Waals surface area contributed by atoms with E-state index >= 15 is 0 Å². The molecule has 0 bridgehead atoms. The van der Waals surface area contributed by atoms with Crippen molar-refractivity contribution in [3.05, 3.63) is 29.6 Å². The van der Waals surface area contributed by atoms with Crippen LogP contribution in [0.5, 0.6) is 5.75 Å². The molecule has 3 nitrogen and oxygen atoms in total. The van der Waals surface area contributed by atoms with Crippen LogP contribution in [0.3, 0.4) is 0 Å². The third-order valence-electron chi connectivity index (χ3n) is 4.25. The Morgan fingerprint density at radius 2 is 2.25 bits per heavy atom. The van der Waals surface area contributed by atoms with Crippen molar-refractivity contribution in [2.24, 2.45) is 0 Å². The van der Waals surface area contributed by atoms with Crippen LogP contribution in [0.4, 0.5) is 4.39 Å². The maximum Gasteiger partial charge on any atom is 0.131 e. The van der Waals surface area contributed by atoms with Gasteiger partial charge in [0.1, 0.15) is 11.6 Å². The number of hydrogen-bond donors (Lipinski definition) is 1. The predicted molar refractivity (Wildman–Crippen MR) is 79.6 cm³/mol. The molecular formula is C16H25FN2O. The summed E-state index contributed by atoms with van der Waals surface area (Å²) in [5.74, 6) is 0.406. The Hall–Kier alpha value is -1.13. The molecule has 1 aliphatic rings. The number of nitrogens with one attached hydrogen (secondary N) is 1. The van der Waals surface area contributed by atoms with Crippen molar-refractivity contribution in [1.82, 2.24) is 10.2 Å². The van der Waals surface area contributed by atoms with Gasteiger partial charge in [-0.1, -0.05) is 12.5 Å². The second kappa shape index (κ2) is 7.04. The Labute approximate surface area is 121 Å². The minimum absolute atomic E-state index is 0.0542. The van der Waals surface area contributed by atoms with Crippen molar-refractivity contribution >= 4 is 0 Å². The molecule has 1 aromatic carbocycles. The van der Waals surface area contributed by atoms with Gasteiger partial charge < -0.3 is 15.0 Å². The van der Waals surface area contributed by atoms with E-state index < -0.39 is 0 Å². The van der Waals surface area contributed by atoms with E-state index in [0.717, 1.165) is 13.1 Å². The monoisotopic (exact) mass is 280 g/mol. The van der Waals surface area contributed by atoms with Crippen LogP contribution in [0.1, 0.15) is 37.8 Å². The van der Waals surface area contributed by atoms with Gasteiger partial charge in [-0.25, -0.2) is 4.39 Å². The fourth-order valence-electron chi connectivity index (χ4n) is 2.93. The third-order valence-corrected chi connectivity index (χ3v) is 4.25. The maximum atomic E-state index is 14.0. The second-order valence-corrected chi connectivity index (χ2v) is 5.62. The molecule has 1 aromatic rings. The molecule has 2 unspecified atom stereocenters. The number of methoxy groups -OCH3 is 1. The Balaban J connectivity index is 1.99. The molecule has 0 radical (unpaired) electrons. The molecule has 1 saturated heterocycles. The van der Waals surface area contributed by atoms with Gasteiger partial charge in [0.15, 0.2) is 0 Å². The minimum Gasteiger partial charge on any atom is -0.496 e. The molecule has 1 fully saturated rings. The Bertz CT molecular complexity index is 438. The van der Waals surface area contributed by atoms with Gasteiger partial charge in [-0.3, -0.25) is 0 Å². The fraction of sp³-hybridized carbons (Fsp3) is 0.625. The number of halogens is 1. The summed E-state index contributed by atoms with van der Waals surface area (Å²) in [5, 5.41) is 3.45. The third kappa shape index (κ3) is 3.49. The summed E-state index contributed by atoms with van der Waals surface area (Å²) in [6.45, 7) is 4.03. The van der Waals surface area contributed by atoms with Gasteiger partial charge in [-0.05, 0) is 45.5 Å². The Morgan fingerprint density at radius 3 is 2.95 bits per heavy atom. The highest BCUT2D eigenvalue weighted by Crippen LogP contribution is 2.27. The first-order valence-corrected chi connectivity index (χ1v) is 7.39. The van der Waals surface area contributed by atoms with E-state index in [1.54, 1.807) is 13.2 Å². The van der Waals surface area contributed by atoms with Gasteiger partial charge in [-0.2, -0.15) is 0 Å². The first-order chi connectivity index (χ1) is 9.63. The van der Waals surface area contributed by atoms with E-state index in [-0.39, 0.29) is 11.9 Å². The van der Waals surface area contributed by atoms with E-state index in [1.165, 1.54) is 25.3 Å². The van der Waals surface area contributed by atoms with Gasteiger partial charge in [-0.15, -0.1) is 0 Å². The van der Waals surface area contributed by atoms with Gasteiger partial charge >= 0.3 is 0 Å². The number of ether oxygens (including phenoxy) is 1. The van der Waals surface area contributed by atoms with Crippen LogP contribution in [0.25, 0.3) is 0 Å². The molecule has 2 atom stereocenters. The molecule has 0 saturated carbocycles. The molecule has 0 amide bonds. The molecule has 2 rings (SSSR count). The van der Waals surface area contributed by atoms with Crippen molar-refractivity contribution in [2.75, 3.05) is 27.2 Å². The average molecular weight is 280 g/mol. The lowest BCUT2D eigenvalue weighted by Gasteiger charge is -2.33. The van der Waals surface area contributed by atoms with E-state index in [2.05, 4.69) is 17.3 Å². The maximum absolute atomic E-state index is 14.0. The lowest BCUT2D eigenvalue weighted by molar-refractivity contribution is 0.178. The lowest BCUT2D eigenvalue weighted by Crippen LogP contribution is -2.43. The molecule has 1 aliphatic heterocycles. The summed E-state index contributed by atoms with van der Waals surface area (Å²) in [4.78, 5) is 2.39. The van der Waals surface area contributed by atoms with Crippen molar-refractivity contribution in [3.8, 4) is 5.75 Å². The topological polar surface area (TPSA) is 24.5 Å². The molecular weight excluding hydrogens is 255 g/mol. The zero-order chi connectivity index (χ0) is 14.5. The first-order valence-electron chi connectivity index (χ1n) is 7.39. The standard InChI is InChI=1S/C16H25FN2O/c1-12(16-14(17)8-6-9-15(16)20-3)18-11-13-7-4-5-10-19(13)2/h6,8-9,12-13,18H,4-5,7,10-11H2,1-3H3. The fourth-order valence-corrected chi connectivity index (χ4v) is 2.93. The van der Waals surface area contributed by atoms with Crippen LogP contribution < -0.4 is 10.1 Å². The van der Waals surface area contributed by atoms with Crippen molar-refractivity contribution in [2.45, 2.75) is 38.3 Å². The summed E-state index contributed by atoms with van der Waals surface area (Å²) < 4.78 is 19.3. The molecule has 4 heteroatoms. The second-order valence-electron chi connectivity index (χ2n) is 5.62. The molecule has 0 aliphatic carbocycles. The normalized spacial score (nSPS) is 21.7. The van der Waals surface area contributed by atoms with Gasteiger partial charge in [0.05, 0.1) is 7.11 Å². The lowest BCUT2D eigenvalue weighted by atomic mass is 10.0. The van der Waals surface area contributed by atoms with Crippen LogP contribution in [0, 0.1) is 5.82 Å². The van der Waals surface area contributed by atoms with Crippen LogP contribution in [0.2, 0.25) is 0 Å².